The second kappa shape index (κ2) is 7.89. The van der Waals surface area contributed by atoms with Gasteiger partial charge in [-0.1, -0.05) is 27.7 Å². The smallest absolute Gasteiger partial charge is 0.410 e. The van der Waals surface area contributed by atoms with Crippen LogP contribution in [0.2, 0.25) is 0 Å². The summed E-state index contributed by atoms with van der Waals surface area (Å²) >= 11 is 0. The average Bonchev–Trinajstić information content (AvgIpc) is 2.24. The van der Waals surface area contributed by atoms with Gasteiger partial charge < -0.3 is 14.8 Å². The molecule has 5 nitrogen and oxygen atoms in total. The molecule has 1 N–H and O–H groups in total. The van der Waals surface area contributed by atoms with Gasteiger partial charge in [0.15, 0.2) is 0 Å². The summed E-state index contributed by atoms with van der Waals surface area (Å²) in [5.41, 5.74) is 0. The van der Waals surface area contributed by atoms with Crippen LogP contribution in [-0.2, 0) is 14.3 Å². The second-order valence-corrected chi connectivity index (χ2v) is 4.59. The van der Waals surface area contributed by atoms with Crippen LogP contribution in [0.3, 0.4) is 0 Å². The van der Waals surface area contributed by atoms with Crippen molar-refractivity contribution in [3.63, 3.8) is 0 Å². The summed E-state index contributed by atoms with van der Waals surface area (Å²) < 4.78 is 22.3. The van der Waals surface area contributed by atoms with Gasteiger partial charge in [-0.3, -0.25) is 4.79 Å². The van der Waals surface area contributed by atoms with Gasteiger partial charge in [0, 0.05) is 5.92 Å². The Morgan fingerprint density at radius 1 is 1.22 bits per heavy atom. The van der Waals surface area contributed by atoms with Crippen molar-refractivity contribution in [1.29, 1.82) is 0 Å². The Labute approximate surface area is 107 Å². The molecule has 2 atom stereocenters. The molecule has 0 rings (SSSR count). The Kier molecular flexibility index (Phi) is 7.31. The van der Waals surface area contributed by atoms with Gasteiger partial charge in [-0.15, -0.1) is 0 Å². The topological polar surface area (TPSA) is 64.6 Å². The molecule has 0 unspecified atom stereocenters. The van der Waals surface area contributed by atoms with E-state index in [1.165, 1.54) is 0 Å². The van der Waals surface area contributed by atoms with Crippen LogP contribution in [0.15, 0.2) is 0 Å². The third-order valence-electron chi connectivity index (χ3n) is 1.94. The molecule has 0 aromatic heterocycles. The van der Waals surface area contributed by atoms with Crippen molar-refractivity contribution in [3.05, 3.63) is 6.92 Å². The van der Waals surface area contributed by atoms with Gasteiger partial charge >= 0.3 is 12.1 Å². The first-order valence-corrected chi connectivity index (χ1v) is 5.86. The van der Waals surface area contributed by atoms with Crippen molar-refractivity contribution in [3.8, 4) is 0 Å². The predicted octanol–water partition coefficient (Wildman–Crippen LogP) is 2.07. The molecule has 1 amide bonds. The van der Waals surface area contributed by atoms with E-state index in [0.29, 0.717) is 0 Å². The third kappa shape index (κ3) is 7.09. The molecule has 105 valence electrons. The zero-order valence-electron chi connectivity index (χ0n) is 11.2. The number of halogens is 1. The van der Waals surface area contributed by atoms with Crippen molar-refractivity contribution < 1.29 is 23.5 Å². The fourth-order valence-corrected chi connectivity index (χ4v) is 0.888. The molecule has 0 aromatic carbocycles. The maximum atomic E-state index is 12.4. The molecule has 0 spiro atoms. The first-order valence-electron chi connectivity index (χ1n) is 5.86. The van der Waals surface area contributed by atoms with Gasteiger partial charge in [-0.2, -0.15) is 0 Å². The molecule has 0 aromatic rings. The Morgan fingerprint density at radius 2 is 1.78 bits per heavy atom. The third-order valence-corrected chi connectivity index (χ3v) is 1.94. The van der Waals surface area contributed by atoms with Crippen LogP contribution in [0.4, 0.5) is 9.18 Å². The molecule has 0 fully saturated rings. The van der Waals surface area contributed by atoms with E-state index < -0.39 is 24.5 Å². The highest BCUT2D eigenvalue weighted by atomic mass is 19.1. The minimum Gasteiger partial charge on any atom is -0.425 e. The standard InChI is InChI=1S/C12H21FNO4/c1-7(2)10(15)17-11(8(3)4)18-12(16)14-6-9(5)13/h7-9,11H,5-6H2,1-4H3,(H,14,16)/t9-,11+/m0/s1. The number of amides is 1. The van der Waals surface area contributed by atoms with Crippen LogP contribution in [-0.4, -0.2) is 31.1 Å². The molecule has 0 aliphatic heterocycles. The number of alkyl carbamates (subject to hydrolysis) is 1. The van der Waals surface area contributed by atoms with Gasteiger partial charge in [0.2, 0.25) is 0 Å². The number of carbonyl (C=O) groups is 2. The van der Waals surface area contributed by atoms with E-state index in [1.807, 2.05) is 0 Å². The van der Waals surface area contributed by atoms with Crippen LogP contribution >= 0.6 is 0 Å². The summed E-state index contributed by atoms with van der Waals surface area (Å²) in [7, 11) is 0. The second-order valence-electron chi connectivity index (χ2n) is 4.59. The number of alkyl halides is 1. The number of ether oxygens (including phenoxy) is 2. The maximum Gasteiger partial charge on any atom is 0.410 e. The first kappa shape index (κ1) is 16.7. The van der Waals surface area contributed by atoms with Crippen molar-refractivity contribution >= 4 is 12.1 Å². The Hall–Kier alpha value is -1.33. The molecule has 0 heterocycles. The zero-order chi connectivity index (χ0) is 14.3. The molecule has 0 bridgehead atoms. The highest BCUT2D eigenvalue weighted by Gasteiger charge is 2.24. The molecule has 0 aliphatic carbocycles. The van der Waals surface area contributed by atoms with Crippen LogP contribution in [0, 0.1) is 18.8 Å². The maximum absolute atomic E-state index is 12.4. The molecule has 6 heteroatoms. The van der Waals surface area contributed by atoms with E-state index in [4.69, 9.17) is 9.47 Å². The minimum atomic E-state index is -1.41. The van der Waals surface area contributed by atoms with Gasteiger partial charge in [0.05, 0.1) is 12.5 Å². The fraction of sp³-hybridized carbons (Fsp3) is 0.750. The van der Waals surface area contributed by atoms with E-state index in [2.05, 4.69) is 12.2 Å². The van der Waals surface area contributed by atoms with E-state index in [-0.39, 0.29) is 18.4 Å². The summed E-state index contributed by atoms with van der Waals surface area (Å²) in [4.78, 5) is 22.7. The average molecular weight is 262 g/mol. The SMILES string of the molecule is [CH2][C@H](F)CNC(=O)O[C@@H](OC(=O)C(C)C)C(C)C. The molecule has 0 saturated heterocycles. The summed E-state index contributed by atoms with van der Waals surface area (Å²) in [6.07, 6.45) is -3.23. The largest absolute Gasteiger partial charge is 0.425 e. The molecule has 0 aliphatic rings. The lowest BCUT2D eigenvalue weighted by Crippen LogP contribution is -2.37. The zero-order valence-corrected chi connectivity index (χ0v) is 11.2. The Morgan fingerprint density at radius 3 is 2.17 bits per heavy atom. The molecule has 1 radical (unpaired) electrons. The van der Waals surface area contributed by atoms with E-state index in [9.17, 15) is 14.0 Å². The van der Waals surface area contributed by atoms with Crippen LogP contribution in [0.25, 0.3) is 0 Å². The monoisotopic (exact) mass is 262 g/mol. The lowest BCUT2D eigenvalue weighted by Gasteiger charge is -2.22. The number of hydrogen-bond donors (Lipinski definition) is 1. The normalized spacial score (nSPS) is 14.2. The number of hydrogen-bond acceptors (Lipinski definition) is 4. The number of carbonyl (C=O) groups excluding carboxylic acids is 2. The van der Waals surface area contributed by atoms with Gasteiger partial charge in [0.1, 0.15) is 6.17 Å². The summed E-state index contributed by atoms with van der Waals surface area (Å²) in [6.45, 7) is 9.66. The minimum absolute atomic E-state index is 0.195. The first-order chi connectivity index (χ1) is 8.23. The number of esters is 1. The highest BCUT2D eigenvalue weighted by Crippen LogP contribution is 2.11. The number of rotatable bonds is 6. The predicted molar refractivity (Wildman–Crippen MR) is 64.3 cm³/mol. The lowest BCUT2D eigenvalue weighted by atomic mass is 10.2. The molecular formula is C12H21FNO4. The molecule has 18 heavy (non-hydrogen) atoms. The molecule has 0 saturated carbocycles. The van der Waals surface area contributed by atoms with Gasteiger partial charge in [-0.05, 0) is 6.92 Å². The fourth-order valence-electron chi connectivity index (χ4n) is 0.888. The van der Waals surface area contributed by atoms with E-state index >= 15 is 0 Å². The summed E-state index contributed by atoms with van der Waals surface area (Å²) in [5, 5.41) is 2.18. The van der Waals surface area contributed by atoms with Gasteiger partial charge in [0.25, 0.3) is 6.29 Å². The van der Waals surface area contributed by atoms with Crippen LogP contribution in [0.5, 0.6) is 0 Å². The van der Waals surface area contributed by atoms with Crippen LogP contribution < -0.4 is 5.32 Å². The number of nitrogens with one attached hydrogen (secondary N) is 1. The van der Waals surface area contributed by atoms with Crippen molar-refractivity contribution in [2.45, 2.75) is 40.2 Å². The summed E-state index contributed by atoms with van der Waals surface area (Å²) in [5.74, 6) is -0.964. The summed E-state index contributed by atoms with van der Waals surface area (Å²) in [6, 6.07) is 0. The molecular weight excluding hydrogens is 241 g/mol. The van der Waals surface area contributed by atoms with Crippen LogP contribution in [0.1, 0.15) is 27.7 Å². The van der Waals surface area contributed by atoms with Crippen molar-refractivity contribution in [2.75, 3.05) is 6.54 Å². The Balaban J connectivity index is 4.27. The van der Waals surface area contributed by atoms with E-state index in [1.54, 1.807) is 27.7 Å². The van der Waals surface area contributed by atoms with Crippen molar-refractivity contribution in [1.82, 2.24) is 5.32 Å². The highest BCUT2D eigenvalue weighted by molar-refractivity contribution is 5.72. The van der Waals surface area contributed by atoms with Gasteiger partial charge in [-0.25, -0.2) is 9.18 Å². The Bertz CT molecular complexity index is 279. The quantitative estimate of drug-likeness (QED) is 0.588. The lowest BCUT2D eigenvalue weighted by molar-refractivity contribution is -0.178. The van der Waals surface area contributed by atoms with E-state index in [0.717, 1.165) is 0 Å². The van der Waals surface area contributed by atoms with Crippen molar-refractivity contribution in [2.24, 2.45) is 11.8 Å².